The van der Waals surface area contributed by atoms with Crippen LogP contribution in [-0.2, 0) is 12.8 Å². The van der Waals surface area contributed by atoms with Crippen LogP contribution in [0.1, 0.15) is 18.1 Å². The van der Waals surface area contributed by atoms with Crippen molar-refractivity contribution in [3.8, 4) is 0 Å². The second-order valence-corrected chi connectivity index (χ2v) is 5.16. The molecule has 0 spiro atoms. The molecule has 0 amide bonds. The summed E-state index contributed by atoms with van der Waals surface area (Å²) in [6, 6.07) is 16.1. The summed E-state index contributed by atoms with van der Waals surface area (Å²) < 4.78 is 0. The lowest BCUT2D eigenvalue weighted by Gasteiger charge is -2.07. The molecule has 0 radical (unpaired) electrons. The number of nitrogens with zero attached hydrogens (tertiary/aromatic N) is 1. The lowest BCUT2D eigenvalue weighted by atomic mass is 10.1. The van der Waals surface area contributed by atoms with Crippen molar-refractivity contribution >= 4 is 28.9 Å². The molecular weight excluding hydrogens is 282 g/mol. The van der Waals surface area contributed by atoms with E-state index >= 15 is 0 Å². The van der Waals surface area contributed by atoms with Crippen LogP contribution < -0.4 is 11.1 Å². The van der Waals surface area contributed by atoms with Gasteiger partial charge in [-0.25, -0.2) is 4.99 Å². The van der Waals surface area contributed by atoms with Gasteiger partial charge < -0.3 is 11.1 Å². The fraction of sp³-hybridized carbons (Fsp3) is 0.235. The van der Waals surface area contributed by atoms with Crippen LogP contribution in [0.2, 0.25) is 0 Å². The quantitative estimate of drug-likeness (QED) is 0.496. The van der Waals surface area contributed by atoms with Gasteiger partial charge in [-0.3, -0.25) is 0 Å². The Bertz CT molecular complexity index is 606. The Morgan fingerprint density at radius 2 is 1.90 bits per heavy atom. The number of alkyl halides is 1. The van der Waals surface area contributed by atoms with E-state index in [9.17, 15) is 0 Å². The number of nitrogens with two attached hydrogens (primary N) is 1. The highest BCUT2D eigenvalue weighted by Gasteiger charge is 1.98. The average molecular weight is 302 g/mol. The molecule has 0 unspecified atom stereocenters. The number of rotatable bonds is 5. The molecule has 3 nitrogen and oxygen atoms in total. The summed E-state index contributed by atoms with van der Waals surface area (Å²) in [5, 5.41) is 3.11. The Labute approximate surface area is 130 Å². The third-order valence-electron chi connectivity index (χ3n) is 3.18. The minimum absolute atomic E-state index is 0.383. The zero-order valence-electron chi connectivity index (χ0n) is 12.1. The SMILES string of the molecule is CCc1cccc(NC(N)=Nc2ccc(CCCl)cc2)c1. The van der Waals surface area contributed by atoms with E-state index in [2.05, 4.69) is 29.4 Å². The molecule has 0 aliphatic rings. The molecule has 4 heteroatoms. The lowest BCUT2D eigenvalue weighted by molar-refractivity contribution is 1.14. The number of anilines is 1. The second kappa shape index (κ2) is 7.70. The van der Waals surface area contributed by atoms with E-state index in [0.717, 1.165) is 24.2 Å². The summed E-state index contributed by atoms with van der Waals surface area (Å²) in [6.07, 6.45) is 1.86. The number of halogens is 1. The van der Waals surface area contributed by atoms with E-state index in [0.29, 0.717) is 11.8 Å². The van der Waals surface area contributed by atoms with Gasteiger partial charge in [0.05, 0.1) is 5.69 Å². The average Bonchev–Trinajstić information content (AvgIpc) is 2.49. The van der Waals surface area contributed by atoms with Gasteiger partial charge in [0, 0.05) is 11.6 Å². The molecule has 0 aliphatic carbocycles. The molecule has 0 heterocycles. The fourth-order valence-electron chi connectivity index (χ4n) is 2.03. The van der Waals surface area contributed by atoms with Crippen LogP contribution in [0.4, 0.5) is 11.4 Å². The predicted molar refractivity (Wildman–Crippen MR) is 91.6 cm³/mol. The topological polar surface area (TPSA) is 50.4 Å². The molecule has 110 valence electrons. The van der Waals surface area contributed by atoms with Gasteiger partial charge in [-0.1, -0.05) is 31.2 Å². The first-order valence-electron chi connectivity index (χ1n) is 7.06. The van der Waals surface area contributed by atoms with Crippen molar-refractivity contribution in [2.45, 2.75) is 19.8 Å². The molecular formula is C17H20ClN3. The second-order valence-electron chi connectivity index (χ2n) is 4.78. The molecule has 0 saturated carbocycles. The highest BCUT2D eigenvalue weighted by Crippen LogP contribution is 2.15. The van der Waals surface area contributed by atoms with Gasteiger partial charge in [0.2, 0.25) is 0 Å². The third-order valence-corrected chi connectivity index (χ3v) is 3.37. The van der Waals surface area contributed by atoms with E-state index < -0.39 is 0 Å². The maximum absolute atomic E-state index is 5.94. The molecule has 0 atom stereocenters. The van der Waals surface area contributed by atoms with Gasteiger partial charge in [-0.05, 0) is 48.2 Å². The van der Waals surface area contributed by atoms with Crippen LogP contribution in [0.5, 0.6) is 0 Å². The zero-order valence-corrected chi connectivity index (χ0v) is 12.9. The van der Waals surface area contributed by atoms with Crippen molar-refractivity contribution in [3.05, 3.63) is 59.7 Å². The number of hydrogen-bond donors (Lipinski definition) is 2. The van der Waals surface area contributed by atoms with Crippen molar-refractivity contribution in [1.82, 2.24) is 0 Å². The summed E-state index contributed by atoms with van der Waals surface area (Å²) in [7, 11) is 0. The minimum atomic E-state index is 0.383. The third kappa shape index (κ3) is 4.80. The molecule has 2 rings (SSSR count). The monoisotopic (exact) mass is 301 g/mol. The summed E-state index contributed by atoms with van der Waals surface area (Å²) in [6.45, 7) is 2.12. The van der Waals surface area contributed by atoms with Gasteiger partial charge in [-0.2, -0.15) is 0 Å². The summed E-state index contributed by atoms with van der Waals surface area (Å²) in [5.74, 6) is 1.01. The summed E-state index contributed by atoms with van der Waals surface area (Å²) in [5.41, 5.74) is 10.2. The Balaban J connectivity index is 2.06. The lowest BCUT2D eigenvalue weighted by Crippen LogP contribution is -2.21. The number of guanidine groups is 1. The van der Waals surface area contributed by atoms with Crippen LogP contribution in [0.15, 0.2) is 53.5 Å². The zero-order chi connectivity index (χ0) is 15.1. The standard InChI is InChI=1S/C17H20ClN3/c1-2-13-4-3-5-16(12-13)21-17(19)20-15-8-6-14(7-9-15)10-11-18/h3-9,12H,2,10-11H2,1H3,(H3,19,20,21). The molecule has 3 N–H and O–H groups in total. The van der Waals surface area contributed by atoms with E-state index in [1.807, 2.05) is 36.4 Å². The van der Waals surface area contributed by atoms with Gasteiger partial charge in [-0.15, -0.1) is 11.6 Å². The number of aryl methyl sites for hydroxylation is 2. The van der Waals surface area contributed by atoms with Gasteiger partial charge >= 0.3 is 0 Å². The fourth-order valence-corrected chi connectivity index (χ4v) is 2.25. The Hall–Kier alpha value is -2.00. The van der Waals surface area contributed by atoms with Gasteiger partial charge in [0.25, 0.3) is 0 Å². The maximum Gasteiger partial charge on any atom is 0.198 e. The number of benzene rings is 2. The van der Waals surface area contributed by atoms with Crippen molar-refractivity contribution in [3.63, 3.8) is 0 Å². The highest BCUT2D eigenvalue weighted by molar-refractivity contribution is 6.17. The van der Waals surface area contributed by atoms with Crippen molar-refractivity contribution in [2.75, 3.05) is 11.2 Å². The van der Waals surface area contributed by atoms with Gasteiger partial charge in [0.15, 0.2) is 5.96 Å². The first kappa shape index (κ1) is 15.4. The number of aliphatic imine (C=N–C) groups is 1. The van der Waals surface area contributed by atoms with Crippen molar-refractivity contribution in [1.29, 1.82) is 0 Å². The molecule has 2 aromatic carbocycles. The van der Waals surface area contributed by atoms with Crippen LogP contribution in [0, 0.1) is 0 Å². The maximum atomic E-state index is 5.94. The van der Waals surface area contributed by atoms with E-state index in [-0.39, 0.29) is 0 Å². The minimum Gasteiger partial charge on any atom is -0.369 e. The largest absolute Gasteiger partial charge is 0.369 e. The molecule has 0 fully saturated rings. The Kier molecular flexibility index (Phi) is 5.64. The molecule has 0 aromatic heterocycles. The first-order valence-corrected chi connectivity index (χ1v) is 7.59. The van der Waals surface area contributed by atoms with E-state index in [4.69, 9.17) is 17.3 Å². The molecule has 0 bridgehead atoms. The van der Waals surface area contributed by atoms with Crippen LogP contribution in [0.3, 0.4) is 0 Å². The van der Waals surface area contributed by atoms with E-state index in [1.165, 1.54) is 11.1 Å². The number of nitrogens with one attached hydrogen (secondary N) is 1. The highest BCUT2D eigenvalue weighted by atomic mass is 35.5. The summed E-state index contributed by atoms with van der Waals surface area (Å²) >= 11 is 5.72. The molecule has 21 heavy (non-hydrogen) atoms. The number of hydrogen-bond acceptors (Lipinski definition) is 1. The summed E-state index contributed by atoms with van der Waals surface area (Å²) in [4.78, 5) is 4.36. The predicted octanol–water partition coefficient (Wildman–Crippen LogP) is 4.09. The molecule has 2 aromatic rings. The van der Waals surface area contributed by atoms with Crippen LogP contribution in [0.25, 0.3) is 0 Å². The molecule has 0 aliphatic heterocycles. The Morgan fingerprint density at radius 3 is 2.57 bits per heavy atom. The van der Waals surface area contributed by atoms with E-state index in [1.54, 1.807) is 0 Å². The van der Waals surface area contributed by atoms with Crippen molar-refractivity contribution < 1.29 is 0 Å². The van der Waals surface area contributed by atoms with Gasteiger partial charge in [0.1, 0.15) is 0 Å². The van der Waals surface area contributed by atoms with Crippen molar-refractivity contribution in [2.24, 2.45) is 10.7 Å². The van der Waals surface area contributed by atoms with Crippen LogP contribution in [-0.4, -0.2) is 11.8 Å². The normalized spacial score (nSPS) is 11.4. The smallest absolute Gasteiger partial charge is 0.198 e. The first-order chi connectivity index (χ1) is 10.2. The van der Waals surface area contributed by atoms with Crippen LogP contribution >= 0.6 is 11.6 Å². The molecule has 0 saturated heterocycles. The Morgan fingerprint density at radius 1 is 1.14 bits per heavy atom.